The fraction of sp³-hybridized carbons (Fsp3) is 0.250. The Morgan fingerprint density at radius 2 is 1.81 bits per heavy atom. The molecule has 2 aromatic rings. The molecule has 0 heterocycles. The van der Waals surface area contributed by atoms with E-state index >= 15 is 0 Å². The van der Waals surface area contributed by atoms with Crippen molar-refractivity contribution in [3.63, 3.8) is 0 Å². The summed E-state index contributed by atoms with van der Waals surface area (Å²) in [6.07, 6.45) is -1.02. The number of benzene rings is 2. The van der Waals surface area contributed by atoms with E-state index in [-0.39, 0.29) is 6.61 Å². The number of aryl methyl sites for hydroxylation is 2. The van der Waals surface area contributed by atoms with E-state index in [1.807, 2.05) is 38.1 Å². The summed E-state index contributed by atoms with van der Waals surface area (Å²) in [5.41, 5.74) is 2.75. The Labute approximate surface area is 152 Å². The number of hydrogen-bond donors (Lipinski definition) is 1. The van der Waals surface area contributed by atoms with Gasteiger partial charge in [0.15, 0.2) is 12.7 Å². The van der Waals surface area contributed by atoms with E-state index in [1.54, 1.807) is 24.3 Å². The molecule has 2 rings (SSSR count). The first-order valence-corrected chi connectivity index (χ1v) is 8.09. The van der Waals surface area contributed by atoms with Gasteiger partial charge in [-0.3, -0.25) is 4.79 Å². The molecule has 6 nitrogen and oxygen atoms in total. The number of nitrogens with zero attached hydrogens (tertiary/aromatic N) is 1. The second-order valence-electron chi connectivity index (χ2n) is 5.89. The van der Waals surface area contributed by atoms with Crippen molar-refractivity contribution in [3.05, 3.63) is 59.2 Å². The third kappa shape index (κ3) is 5.35. The molecule has 6 heteroatoms. The van der Waals surface area contributed by atoms with E-state index in [9.17, 15) is 9.59 Å². The van der Waals surface area contributed by atoms with Crippen molar-refractivity contribution in [2.24, 2.45) is 0 Å². The number of nitrogens with one attached hydrogen (secondary N) is 1. The Balaban J connectivity index is 1.88. The molecule has 0 aliphatic carbocycles. The summed E-state index contributed by atoms with van der Waals surface area (Å²) in [4.78, 5) is 24.0. The number of anilines is 1. The van der Waals surface area contributed by atoms with Crippen LogP contribution in [-0.4, -0.2) is 24.6 Å². The molecule has 0 fully saturated rings. The van der Waals surface area contributed by atoms with Gasteiger partial charge in [-0.25, -0.2) is 4.79 Å². The zero-order chi connectivity index (χ0) is 19.1. The maximum atomic E-state index is 12.1. The van der Waals surface area contributed by atoms with Crippen LogP contribution in [0.15, 0.2) is 42.5 Å². The summed E-state index contributed by atoms with van der Waals surface area (Å²) < 4.78 is 10.5. The van der Waals surface area contributed by atoms with E-state index in [0.29, 0.717) is 17.0 Å². The average molecular weight is 352 g/mol. The van der Waals surface area contributed by atoms with Crippen LogP contribution in [-0.2, 0) is 14.3 Å². The predicted octanol–water partition coefficient (Wildman–Crippen LogP) is 3.12. The lowest BCUT2D eigenvalue weighted by atomic mass is 10.1. The lowest BCUT2D eigenvalue weighted by Crippen LogP contribution is -2.31. The lowest BCUT2D eigenvalue weighted by Gasteiger charge is -2.14. The molecule has 2 aromatic carbocycles. The van der Waals surface area contributed by atoms with Crippen LogP contribution in [0.25, 0.3) is 0 Å². The molecule has 134 valence electrons. The van der Waals surface area contributed by atoms with Crippen LogP contribution >= 0.6 is 0 Å². The number of esters is 1. The summed E-state index contributed by atoms with van der Waals surface area (Å²) in [6.45, 7) is 5.03. The van der Waals surface area contributed by atoms with Gasteiger partial charge in [-0.2, -0.15) is 5.26 Å². The normalized spacial score (nSPS) is 11.2. The molecule has 0 aliphatic heterocycles. The van der Waals surface area contributed by atoms with Crippen molar-refractivity contribution in [2.45, 2.75) is 26.9 Å². The van der Waals surface area contributed by atoms with Gasteiger partial charge >= 0.3 is 5.97 Å². The maximum absolute atomic E-state index is 12.1. The standard InChI is InChI=1S/C20H20N2O4/c1-13-8-14(2)10-17(9-13)25-12-19(23)26-15(3)20(24)22-18-7-5-4-6-16(18)11-21/h4-10,15H,12H2,1-3H3,(H,22,24). The van der Waals surface area contributed by atoms with Gasteiger partial charge in [0.1, 0.15) is 11.8 Å². The zero-order valence-corrected chi connectivity index (χ0v) is 14.9. The van der Waals surface area contributed by atoms with E-state index in [2.05, 4.69) is 5.32 Å². The molecular formula is C20H20N2O4. The third-order valence-corrected chi connectivity index (χ3v) is 3.53. The number of ether oxygens (including phenoxy) is 2. The summed E-state index contributed by atoms with van der Waals surface area (Å²) in [7, 11) is 0. The van der Waals surface area contributed by atoms with Crippen molar-refractivity contribution >= 4 is 17.6 Å². The van der Waals surface area contributed by atoms with Gasteiger partial charge in [0.05, 0.1) is 11.3 Å². The van der Waals surface area contributed by atoms with Gasteiger partial charge in [0, 0.05) is 0 Å². The predicted molar refractivity (Wildman–Crippen MR) is 96.8 cm³/mol. The van der Waals surface area contributed by atoms with Gasteiger partial charge < -0.3 is 14.8 Å². The molecular weight excluding hydrogens is 332 g/mol. The Kier molecular flexibility index (Phi) is 6.34. The van der Waals surface area contributed by atoms with Crippen LogP contribution in [0.2, 0.25) is 0 Å². The topological polar surface area (TPSA) is 88.4 Å². The second-order valence-corrected chi connectivity index (χ2v) is 5.89. The number of amides is 1. The number of hydrogen-bond acceptors (Lipinski definition) is 5. The molecule has 0 bridgehead atoms. The lowest BCUT2D eigenvalue weighted by molar-refractivity contribution is -0.155. The molecule has 0 aliphatic rings. The molecule has 0 aromatic heterocycles. The highest BCUT2D eigenvalue weighted by Crippen LogP contribution is 2.16. The fourth-order valence-electron chi connectivity index (χ4n) is 2.37. The van der Waals surface area contributed by atoms with E-state index in [1.165, 1.54) is 6.92 Å². The van der Waals surface area contributed by atoms with E-state index < -0.39 is 18.0 Å². The van der Waals surface area contributed by atoms with Crippen LogP contribution in [0.1, 0.15) is 23.6 Å². The van der Waals surface area contributed by atoms with Gasteiger partial charge in [-0.1, -0.05) is 18.2 Å². The minimum Gasteiger partial charge on any atom is -0.482 e. The maximum Gasteiger partial charge on any atom is 0.344 e. The van der Waals surface area contributed by atoms with Crippen molar-refractivity contribution in [1.29, 1.82) is 5.26 Å². The highest BCUT2D eigenvalue weighted by atomic mass is 16.6. The number of rotatable bonds is 6. The second kappa shape index (κ2) is 8.67. The first-order valence-electron chi connectivity index (χ1n) is 8.09. The molecule has 0 radical (unpaired) electrons. The highest BCUT2D eigenvalue weighted by Gasteiger charge is 2.19. The Morgan fingerprint density at radius 1 is 1.15 bits per heavy atom. The van der Waals surface area contributed by atoms with Crippen molar-refractivity contribution in [3.8, 4) is 11.8 Å². The van der Waals surface area contributed by atoms with Crippen LogP contribution in [0.3, 0.4) is 0 Å². The zero-order valence-electron chi connectivity index (χ0n) is 14.9. The molecule has 1 amide bonds. The number of para-hydroxylation sites is 1. The number of nitriles is 1. The first-order chi connectivity index (χ1) is 12.4. The van der Waals surface area contributed by atoms with Gasteiger partial charge in [0.2, 0.25) is 0 Å². The molecule has 0 spiro atoms. The van der Waals surface area contributed by atoms with Crippen molar-refractivity contribution in [2.75, 3.05) is 11.9 Å². The van der Waals surface area contributed by atoms with E-state index in [4.69, 9.17) is 14.7 Å². The minimum atomic E-state index is -1.02. The highest BCUT2D eigenvalue weighted by molar-refractivity contribution is 5.96. The number of carbonyl (C=O) groups excluding carboxylic acids is 2. The molecule has 1 atom stereocenters. The smallest absolute Gasteiger partial charge is 0.344 e. The SMILES string of the molecule is Cc1cc(C)cc(OCC(=O)OC(C)C(=O)Nc2ccccc2C#N)c1. The molecule has 1 unspecified atom stereocenters. The minimum absolute atomic E-state index is 0.296. The van der Waals surface area contributed by atoms with Gasteiger partial charge in [0.25, 0.3) is 5.91 Å². The summed E-state index contributed by atoms with van der Waals surface area (Å²) >= 11 is 0. The Bertz CT molecular complexity index is 835. The Hall–Kier alpha value is -3.33. The first kappa shape index (κ1) is 19.0. The summed E-state index contributed by atoms with van der Waals surface area (Å²) in [5.74, 6) is -0.604. The van der Waals surface area contributed by atoms with E-state index in [0.717, 1.165) is 11.1 Å². The van der Waals surface area contributed by atoms with Crippen LogP contribution in [0.4, 0.5) is 5.69 Å². The van der Waals surface area contributed by atoms with Crippen LogP contribution < -0.4 is 10.1 Å². The van der Waals surface area contributed by atoms with Crippen LogP contribution in [0, 0.1) is 25.2 Å². The van der Waals surface area contributed by atoms with Crippen molar-refractivity contribution < 1.29 is 19.1 Å². The van der Waals surface area contributed by atoms with Crippen molar-refractivity contribution in [1.82, 2.24) is 0 Å². The summed E-state index contributed by atoms with van der Waals surface area (Å²) in [6, 6.07) is 14.2. The molecule has 0 saturated carbocycles. The van der Waals surface area contributed by atoms with Gasteiger partial charge in [-0.15, -0.1) is 0 Å². The number of carbonyl (C=O) groups is 2. The monoisotopic (exact) mass is 352 g/mol. The van der Waals surface area contributed by atoms with Gasteiger partial charge in [-0.05, 0) is 56.2 Å². The average Bonchev–Trinajstić information content (AvgIpc) is 2.59. The molecule has 0 saturated heterocycles. The fourth-order valence-corrected chi connectivity index (χ4v) is 2.37. The molecule has 26 heavy (non-hydrogen) atoms. The Morgan fingerprint density at radius 3 is 2.46 bits per heavy atom. The summed E-state index contributed by atoms with van der Waals surface area (Å²) in [5, 5.41) is 11.6. The van der Waals surface area contributed by atoms with Crippen LogP contribution in [0.5, 0.6) is 5.75 Å². The molecule has 1 N–H and O–H groups in total. The third-order valence-electron chi connectivity index (χ3n) is 3.53. The largest absolute Gasteiger partial charge is 0.482 e. The quantitative estimate of drug-likeness (QED) is 0.807.